The molecule has 0 radical (unpaired) electrons. The molecule has 0 amide bonds. The number of hydrogen-bond acceptors (Lipinski definition) is 3. The van der Waals surface area contributed by atoms with Crippen LogP contribution in [0.25, 0.3) is 12.2 Å². The Labute approximate surface area is 107 Å². The fraction of sp³-hybridized carbons (Fsp3) is 0.267. The van der Waals surface area contributed by atoms with Crippen molar-refractivity contribution in [1.29, 1.82) is 0 Å². The van der Waals surface area contributed by atoms with Gasteiger partial charge < -0.3 is 9.63 Å². The normalized spacial score (nSPS) is 11.2. The summed E-state index contributed by atoms with van der Waals surface area (Å²) in [5.74, 6) is 0.976. The molecule has 2 rings (SSSR count). The number of aromatic nitrogens is 1. The zero-order valence-corrected chi connectivity index (χ0v) is 10.5. The number of benzene rings is 1. The molecule has 2 aromatic rings. The molecule has 0 aliphatic carbocycles. The van der Waals surface area contributed by atoms with Crippen LogP contribution in [0.1, 0.15) is 36.8 Å². The highest BCUT2D eigenvalue weighted by atomic mass is 16.5. The lowest BCUT2D eigenvalue weighted by Gasteiger charge is -1.95. The smallest absolute Gasteiger partial charge is 0.159 e. The minimum atomic E-state index is 0.263. The second kappa shape index (κ2) is 6.05. The number of rotatable bonds is 5. The largest absolute Gasteiger partial charge is 0.507 e. The second-order valence-corrected chi connectivity index (χ2v) is 4.22. The maximum Gasteiger partial charge on any atom is 0.159 e. The molecule has 3 nitrogen and oxygen atoms in total. The number of hydrogen-bond donors (Lipinski definition) is 1. The van der Waals surface area contributed by atoms with E-state index >= 15 is 0 Å². The average Bonchev–Trinajstić information content (AvgIpc) is 2.83. The number of nitrogens with zero attached hydrogens (tertiary/aromatic N) is 1. The molecule has 3 heteroatoms. The van der Waals surface area contributed by atoms with E-state index in [1.807, 2.05) is 30.4 Å². The maximum atomic E-state index is 9.61. The van der Waals surface area contributed by atoms with Crippen LogP contribution in [0.4, 0.5) is 0 Å². The highest BCUT2D eigenvalue weighted by molar-refractivity contribution is 5.70. The van der Waals surface area contributed by atoms with Crippen molar-refractivity contribution in [2.24, 2.45) is 0 Å². The summed E-state index contributed by atoms with van der Waals surface area (Å²) >= 11 is 0. The fourth-order valence-corrected chi connectivity index (χ4v) is 1.68. The topological polar surface area (TPSA) is 46.3 Å². The number of phenols is 1. The van der Waals surface area contributed by atoms with E-state index < -0.39 is 0 Å². The van der Waals surface area contributed by atoms with Crippen molar-refractivity contribution < 1.29 is 9.63 Å². The number of aryl methyl sites for hydroxylation is 1. The first kappa shape index (κ1) is 12.4. The molecule has 18 heavy (non-hydrogen) atoms. The molecule has 0 bridgehead atoms. The van der Waals surface area contributed by atoms with Gasteiger partial charge in [0.25, 0.3) is 0 Å². The molecule has 0 saturated carbocycles. The molecule has 0 aliphatic rings. The molecule has 0 atom stereocenters. The molecule has 94 valence electrons. The summed E-state index contributed by atoms with van der Waals surface area (Å²) in [4.78, 5) is 0. The molecular formula is C15H17NO2. The van der Waals surface area contributed by atoms with Crippen LogP contribution in [0.3, 0.4) is 0 Å². The number of unbranched alkanes of at least 4 members (excludes halogenated alkanes) is 1. The minimum Gasteiger partial charge on any atom is -0.507 e. The van der Waals surface area contributed by atoms with Crippen molar-refractivity contribution in [3.05, 3.63) is 47.3 Å². The van der Waals surface area contributed by atoms with Crippen molar-refractivity contribution in [2.75, 3.05) is 0 Å². The van der Waals surface area contributed by atoms with Gasteiger partial charge in [-0.3, -0.25) is 0 Å². The molecule has 1 N–H and O–H groups in total. The third-order valence-electron chi connectivity index (χ3n) is 2.73. The van der Waals surface area contributed by atoms with Gasteiger partial charge in [-0.15, -0.1) is 0 Å². The van der Waals surface area contributed by atoms with Crippen molar-refractivity contribution in [1.82, 2.24) is 5.16 Å². The first-order chi connectivity index (χ1) is 8.79. The summed E-state index contributed by atoms with van der Waals surface area (Å²) in [5, 5.41) is 13.6. The van der Waals surface area contributed by atoms with Crippen LogP contribution in [0.5, 0.6) is 5.75 Å². The molecule has 0 fully saturated rings. The summed E-state index contributed by atoms with van der Waals surface area (Å²) in [7, 11) is 0. The van der Waals surface area contributed by atoms with Gasteiger partial charge in [-0.05, 0) is 31.1 Å². The Morgan fingerprint density at radius 3 is 2.89 bits per heavy atom. The molecule has 0 spiro atoms. The monoisotopic (exact) mass is 243 g/mol. The van der Waals surface area contributed by atoms with Gasteiger partial charge in [-0.25, -0.2) is 0 Å². The molecule has 1 aromatic heterocycles. The van der Waals surface area contributed by atoms with E-state index in [1.54, 1.807) is 12.1 Å². The van der Waals surface area contributed by atoms with E-state index in [9.17, 15) is 5.11 Å². The van der Waals surface area contributed by atoms with Gasteiger partial charge >= 0.3 is 0 Å². The Hall–Kier alpha value is -2.03. The Kier molecular flexibility index (Phi) is 4.18. The van der Waals surface area contributed by atoms with E-state index in [4.69, 9.17) is 4.52 Å². The number of aromatic hydroxyl groups is 1. The first-order valence-electron chi connectivity index (χ1n) is 6.21. The SMILES string of the molecule is CCCCc1cc(/C=C/c2ccccc2O)on1. The van der Waals surface area contributed by atoms with Crippen LogP contribution in [-0.4, -0.2) is 10.3 Å². The zero-order valence-electron chi connectivity index (χ0n) is 10.5. The van der Waals surface area contributed by atoms with Crippen LogP contribution < -0.4 is 0 Å². The van der Waals surface area contributed by atoms with Crippen molar-refractivity contribution in [3.63, 3.8) is 0 Å². The van der Waals surface area contributed by atoms with Crippen molar-refractivity contribution in [3.8, 4) is 5.75 Å². The second-order valence-electron chi connectivity index (χ2n) is 4.22. The van der Waals surface area contributed by atoms with E-state index in [2.05, 4.69) is 12.1 Å². The van der Waals surface area contributed by atoms with Crippen LogP contribution in [0.2, 0.25) is 0 Å². The predicted molar refractivity (Wildman–Crippen MR) is 72.1 cm³/mol. The number of para-hydroxylation sites is 1. The summed E-state index contributed by atoms with van der Waals surface area (Å²) in [6, 6.07) is 9.12. The Morgan fingerprint density at radius 1 is 1.28 bits per heavy atom. The first-order valence-corrected chi connectivity index (χ1v) is 6.21. The quantitative estimate of drug-likeness (QED) is 0.866. The fourth-order valence-electron chi connectivity index (χ4n) is 1.68. The molecule has 0 aliphatic heterocycles. The summed E-state index contributed by atoms with van der Waals surface area (Å²) in [5.41, 5.74) is 1.75. The van der Waals surface area contributed by atoms with Crippen LogP contribution in [0.15, 0.2) is 34.9 Å². The lowest BCUT2D eigenvalue weighted by Crippen LogP contribution is -1.82. The van der Waals surface area contributed by atoms with Crippen molar-refractivity contribution >= 4 is 12.2 Å². The molecule has 0 saturated heterocycles. The molecule has 0 unspecified atom stereocenters. The Balaban J connectivity index is 2.05. The maximum absolute atomic E-state index is 9.61. The van der Waals surface area contributed by atoms with Gasteiger partial charge in [0.2, 0.25) is 0 Å². The minimum absolute atomic E-state index is 0.263. The zero-order chi connectivity index (χ0) is 12.8. The highest BCUT2D eigenvalue weighted by Gasteiger charge is 2.01. The van der Waals surface area contributed by atoms with Crippen molar-refractivity contribution in [2.45, 2.75) is 26.2 Å². The molecular weight excluding hydrogens is 226 g/mol. The van der Waals surface area contributed by atoms with Crippen LogP contribution >= 0.6 is 0 Å². The third kappa shape index (κ3) is 3.23. The Bertz CT molecular complexity index is 529. The lowest BCUT2D eigenvalue weighted by atomic mass is 10.1. The van der Waals surface area contributed by atoms with Gasteiger partial charge in [0.15, 0.2) is 5.76 Å². The molecule has 1 heterocycles. The summed E-state index contributed by atoms with van der Waals surface area (Å²) in [6.45, 7) is 2.15. The van der Waals surface area contributed by atoms with Gasteiger partial charge in [0.1, 0.15) is 5.75 Å². The van der Waals surface area contributed by atoms with Gasteiger partial charge in [0, 0.05) is 11.6 Å². The van der Waals surface area contributed by atoms with Gasteiger partial charge in [-0.1, -0.05) is 36.7 Å². The van der Waals surface area contributed by atoms with Gasteiger partial charge in [-0.2, -0.15) is 0 Å². The third-order valence-corrected chi connectivity index (χ3v) is 2.73. The van der Waals surface area contributed by atoms with E-state index in [1.165, 1.54) is 0 Å². The summed E-state index contributed by atoms with van der Waals surface area (Å²) < 4.78 is 5.20. The van der Waals surface area contributed by atoms with E-state index in [-0.39, 0.29) is 5.75 Å². The summed E-state index contributed by atoms with van der Waals surface area (Å²) in [6.07, 6.45) is 6.85. The number of phenolic OH excluding ortho intramolecular Hbond substituents is 1. The molecule has 1 aromatic carbocycles. The van der Waals surface area contributed by atoms with E-state index in [0.29, 0.717) is 5.76 Å². The average molecular weight is 243 g/mol. The lowest BCUT2D eigenvalue weighted by molar-refractivity contribution is 0.404. The highest BCUT2D eigenvalue weighted by Crippen LogP contribution is 2.19. The van der Waals surface area contributed by atoms with E-state index in [0.717, 1.165) is 30.5 Å². The van der Waals surface area contributed by atoms with Crippen LogP contribution in [-0.2, 0) is 6.42 Å². The Morgan fingerprint density at radius 2 is 2.11 bits per heavy atom. The van der Waals surface area contributed by atoms with Gasteiger partial charge in [0.05, 0.1) is 5.69 Å². The predicted octanol–water partition coefficient (Wildman–Crippen LogP) is 3.89. The standard InChI is InChI=1S/C15H17NO2/c1-2-3-7-13-11-14(18-16-13)10-9-12-6-4-5-8-15(12)17/h4-6,8-11,17H,2-3,7H2,1H3/b10-9+. The van der Waals surface area contributed by atoms with Crippen LogP contribution in [0, 0.1) is 0 Å².